The minimum atomic E-state index is -2.33. The Labute approximate surface area is 381 Å². The molecule has 0 bridgehead atoms. The van der Waals surface area contributed by atoms with Gasteiger partial charge in [0.05, 0.1) is 31.5 Å². The summed E-state index contributed by atoms with van der Waals surface area (Å²) in [5, 5.41) is 162. The van der Waals surface area contributed by atoms with E-state index in [4.69, 9.17) is 61.6 Å². The molecule has 30 atom stereocenters. The number of carboxylic acid groups (broad SMARTS) is 1. The first kappa shape index (κ1) is 54.7. The van der Waals surface area contributed by atoms with Crippen LogP contribution in [0.1, 0.15) is 20.8 Å². The van der Waals surface area contributed by atoms with Gasteiger partial charge in [-0.3, -0.25) is 0 Å². The predicted octanol–water partition coefficient (Wildman–Crippen LogP) is -9.62. The van der Waals surface area contributed by atoms with E-state index in [-0.39, 0.29) is 0 Å². The molecule has 0 amide bonds. The van der Waals surface area contributed by atoms with Crippen LogP contribution in [0.25, 0.3) is 0 Å². The lowest BCUT2D eigenvalue weighted by Gasteiger charge is -2.50. The molecule has 6 aliphatic rings. The van der Waals surface area contributed by atoms with E-state index in [9.17, 15) is 81.4 Å². The Kier molecular flexibility index (Phi) is 18.7. The fourth-order valence-corrected chi connectivity index (χ4v) is 8.76. The summed E-state index contributed by atoms with van der Waals surface area (Å²) in [4.78, 5) is 12.8. The normalized spacial score (nSPS) is 53.3. The third-order valence-electron chi connectivity index (χ3n) is 12.7. The lowest BCUT2D eigenvalue weighted by molar-refractivity contribution is -0.402. The average molecular weight is 985 g/mol. The second-order valence-corrected chi connectivity index (χ2v) is 17.2. The summed E-state index contributed by atoms with van der Waals surface area (Å²) in [6.45, 7) is 2.30. The molecule has 15 N–H and O–H groups in total. The van der Waals surface area contributed by atoms with Gasteiger partial charge < -0.3 is 138 Å². The Morgan fingerprint density at radius 1 is 0.373 bits per heavy atom. The zero-order chi connectivity index (χ0) is 49.5. The molecule has 6 heterocycles. The average Bonchev–Trinajstić information content (AvgIpc) is 3.29. The lowest BCUT2D eigenvalue weighted by Crippen LogP contribution is -2.68. The summed E-state index contributed by atoms with van der Waals surface area (Å²) < 4.78 is 73.2. The van der Waals surface area contributed by atoms with Crippen molar-refractivity contribution in [3.8, 4) is 0 Å². The van der Waals surface area contributed by atoms with Crippen molar-refractivity contribution < 1.29 is 143 Å². The van der Waals surface area contributed by atoms with E-state index in [0.29, 0.717) is 0 Å². The summed E-state index contributed by atoms with van der Waals surface area (Å²) in [5.74, 6) is -1.86. The zero-order valence-electron chi connectivity index (χ0n) is 36.7. The SMILES string of the molecule is COC1OC(CO)C(O)[C@H](OC2OC(C(=O)O)C(OC3OC(C)C(O)[C@H](O)C3OC3OC(CO)C(O)[C@H](OC4OC(C)C(OC)[C@H](O)C4O)C3O)[C@H](O)C2O)C1OC1OC(C)C(O)[C@H](O)C1O. The van der Waals surface area contributed by atoms with Gasteiger partial charge in [0.2, 0.25) is 0 Å². The maximum atomic E-state index is 12.8. The van der Waals surface area contributed by atoms with E-state index in [1.165, 1.54) is 27.9 Å². The van der Waals surface area contributed by atoms with Crippen LogP contribution in [0.3, 0.4) is 0 Å². The maximum absolute atomic E-state index is 12.8. The highest BCUT2D eigenvalue weighted by molar-refractivity contribution is 5.73. The number of carboxylic acids is 1. The number of aliphatic hydroxyl groups is 14. The van der Waals surface area contributed by atoms with Gasteiger partial charge in [-0.05, 0) is 20.8 Å². The van der Waals surface area contributed by atoms with E-state index >= 15 is 0 Å². The van der Waals surface area contributed by atoms with E-state index in [2.05, 4.69) is 0 Å². The van der Waals surface area contributed by atoms with Crippen LogP contribution in [0.15, 0.2) is 0 Å². The first-order valence-electron chi connectivity index (χ1n) is 21.5. The number of hydrogen-bond acceptors (Lipinski definition) is 28. The molecule has 6 fully saturated rings. The molecule has 0 saturated carbocycles. The molecule has 6 rings (SSSR count). The summed E-state index contributed by atoms with van der Waals surface area (Å²) in [6, 6.07) is 0. The second kappa shape index (κ2) is 22.9. The fourth-order valence-electron chi connectivity index (χ4n) is 8.76. The number of carbonyl (C=O) groups is 1. The second-order valence-electron chi connectivity index (χ2n) is 17.2. The zero-order valence-corrected chi connectivity index (χ0v) is 36.7. The molecule has 6 aliphatic heterocycles. The van der Waals surface area contributed by atoms with Crippen LogP contribution in [-0.2, 0) is 66.4 Å². The minimum Gasteiger partial charge on any atom is -0.479 e. The molecule has 29 nitrogen and oxygen atoms in total. The first-order valence-corrected chi connectivity index (χ1v) is 21.5. The van der Waals surface area contributed by atoms with E-state index in [1.807, 2.05) is 0 Å². The smallest absolute Gasteiger partial charge is 0.335 e. The molecule has 29 heteroatoms. The van der Waals surface area contributed by atoms with Gasteiger partial charge in [0.15, 0.2) is 43.8 Å². The van der Waals surface area contributed by atoms with Gasteiger partial charge in [-0.1, -0.05) is 0 Å². The number of hydrogen-bond donors (Lipinski definition) is 15. The number of ether oxygens (including phenoxy) is 13. The Bertz CT molecular complexity index is 1570. The van der Waals surface area contributed by atoms with Crippen LogP contribution < -0.4 is 0 Å². The van der Waals surface area contributed by atoms with Crippen molar-refractivity contribution in [3.63, 3.8) is 0 Å². The van der Waals surface area contributed by atoms with Crippen LogP contribution in [0.2, 0.25) is 0 Å². The molecule has 0 spiro atoms. The van der Waals surface area contributed by atoms with Crippen LogP contribution >= 0.6 is 0 Å². The molecule has 0 aromatic rings. The monoisotopic (exact) mass is 984 g/mol. The molecule has 24 unspecified atom stereocenters. The summed E-state index contributed by atoms with van der Waals surface area (Å²) in [7, 11) is 2.38. The molecule has 390 valence electrons. The first-order chi connectivity index (χ1) is 31.6. The lowest BCUT2D eigenvalue weighted by atomic mass is 9.95. The number of aliphatic carboxylic acids is 1. The molecular weight excluding hydrogens is 920 g/mol. The Balaban J connectivity index is 1.22. The van der Waals surface area contributed by atoms with E-state index in [1.54, 1.807) is 0 Å². The van der Waals surface area contributed by atoms with Crippen LogP contribution in [0.4, 0.5) is 0 Å². The Hall–Kier alpha value is -1.61. The summed E-state index contributed by atoms with van der Waals surface area (Å²) in [6.07, 6.45) is -53.5. The highest BCUT2D eigenvalue weighted by atomic mass is 16.8. The Morgan fingerprint density at radius 3 is 1.33 bits per heavy atom. The third kappa shape index (κ3) is 11.1. The molecule has 0 aromatic carbocycles. The quantitative estimate of drug-likeness (QED) is 0.0724. The summed E-state index contributed by atoms with van der Waals surface area (Å²) in [5.41, 5.74) is 0. The van der Waals surface area contributed by atoms with Crippen LogP contribution in [0.5, 0.6) is 0 Å². The van der Waals surface area contributed by atoms with Crippen molar-refractivity contribution in [3.05, 3.63) is 0 Å². The number of aliphatic hydroxyl groups excluding tert-OH is 14. The molecule has 6 saturated heterocycles. The fraction of sp³-hybridized carbons (Fsp3) is 0.974. The standard InChI is InChI=1S/C38H64O29/c1-8-13(41)17(45)21(49)33(57-8)67-31-27(16(44)12(7-40)61-37(31)56-5)63-35-23(51)20(48)28(30(66-35)32(53)54)64-38-29(18(46)14(42)9(2)58-38)65-36-24(52)26(15(43)11(6-39)60-36)62-34-22(50)19(47)25(55-4)10(3)59-34/h8-31,33-52H,6-7H2,1-5H3,(H,53,54)/t8?,9?,10?,11?,12?,13?,14?,15?,16?,17-,18-,19+,20+,21?,22?,23?,24?,25?,26-,27-,28?,29?,30?,31?,33?,34?,35?,36?,37?,38?/m0/s1. The van der Waals surface area contributed by atoms with Gasteiger partial charge in [-0.15, -0.1) is 0 Å². The maximum Gasteiger partial charge on any atom is 0.335 e. The topological polar surface area (TPSA) is 441 Å². The van der Waals surface area contributed by atoms with E-state index < -0.39 is 203 Å². The van der Waals surface area contributed by atoms with Gasteiger partial charge in [0, 0.05) is 14.2 Å². The van der Waals surface area contributed by atoms with Crippen molar-refractivity contribution in [1.82, 2.24) is 0 Å². The molecule has 0 radical (unpaired) electrons. The van der Waals surface area contributed by atoms with Crippen molar-refractivity contribution in [2.24, 2.45) is 0 Å². The summed E-state index contributed by atoms with van der Waals surface area (Å²) >= 11 is 0. The van der Waals surface area contributed by atoms with Crippen molar-refractivity contribution in [2.75, 3.05) is 27.4 Å². The Morgan fingerprint density at radius 2 is 0.776 bits per heavy atom. The van der Waals surface area contributed by atoms with Crippen molar-refractivity contribution >= 4 is 5.97 Å². The minimum absolute atomic E-state index is 0.860. The highest BCUT2D eigenvalue weighted by Crippen LogP contribution is 2.37. The van der Waals surface area contributed by atoms with Crippen molar-refractivity contribution in [1.29, 1.82) is 0 Å². The van der Waals surface area contributed by atoms with Crippen molar-refractivity contribution in [2.45, 2.75) is 205 Å². The van der Waals surface area contributed by atoms with Gasteiger partial charge in [0.1, 0.15) is 122 Å². The number of rotatable bonds is 15. The van der Waals surface area contributed by atoms with Gasteiger partial charge in [-0.25, -0.2) is 4.79 Å². The molecular formula is C38H64O29. The third-order valence-corrected chi connectivity index (χ3v) is 12.7. The van der Waals surface area contributed by atoms with Crippen LogP contribution in [-0.4, -0.2) is 294 Å². The van der Waals surface area contributed by atoms with E-state index in [0.717, 1.165) is 7.11 Å². The van der Waals surface area contributed by atoms with Gasteiger partial charge in [0.25, 0.3) is 0 Å². The molecule has 0 aliphatic carbocycles. The van der Waals surface area contributed by atoms with Gasteiger partial charge >= 0.3 is 5.97 Å². The highest BCUT2D eigenvalue weighted by Gasteiger charge is 2.58. The van der Waals surface area contributed by atoms with Gasteiger partial charge in [-0.2, -0.15) is 0 Å². The number of methoxy groups -OCH3 is 2. The molecule has 67 heavy (non-hydrogen) atoms. The molecule has 0 aromatic heterocycles. The predicted molar refractivity (Wildman–Crippen MR) is 205 cm³/mol. The largest absolute Gasteiger partial charge is 0.479 e. The van der Waals surface area contributed by atoms with Crippen LogP contribution in [0, 0.1) is 0 Å².